The highest BCUT2D eigenvalue weighted by Crippen LogP contribution is 2.17. The molecule has 0 atom stereocenters. The fourth-order valence-corrected chi connectivity index (χ4v) is 2.16. The molecule has 2 aromatic rings. The normalized spacial score (nSPS) is 11.6. The highest BCUT2D eigenvalue weighted by atomic mass is 16.2. The number of nitrogens with one attached hydrogen (secondary N) is 2. The summed E-state index contributed by atoms with van der Waals surface area (Å²) in [5.74, 6) is 0.549. The minimum absolute atomic E-state index is 0.0921. The van der Waals surface area contributed by atoms with Gasteiger partial charge in [0.05, 0.1) is 12.9 Å². The molecule has 2 heterocycles. The van der Waals surface area contributed by atoms with E-state index in [2.05, 4.69) is 25.3 Å². The van der Waals surface area contributed by atoms with E-state index >= 15 is 0 Å². The summed E-state index contributed by atoms with van der Waals surface area (Å²) in [7, 11) is 1.80. The van der Waals surface area contributed by atoms with Gasteiger partial charge in [0.15, 0.2) is 11.5 Å². The summed E-state index contributed by atoms with van der Waals surface area (Å²) in [6.07, 6.45) is 4.63. The van der Waals surface area contributed by atoms with E-state index in [-0.39, 0.29) is 18.0 Å². The molecule has 2 rings (SSSR count). The zero-order valence-electron chi connectivity index (χ0n) is 13.3. The number of nitrogens with two attached hydrogens (primary N) is 1. The third-order valence-electron chi connectivity index (χ3n) is 3.99. The lowest BCUT2D eigenvalue weighted by atomic mass is 9.94. The zero-order valence-corrected chi connectivity index (χ0v) is 13.3. The van der Waals surface area contributed by atoms with E-state index < -0.39 is 0 Å². The number of aromatic amines is 1. The fourth-order valence-electron chi connectivity index (χ4n) is 2.16. The standard InChI is InChI=1S/C14H23N7O/c1-4-14(15,5-2)7-16-10(22)6-21(3)13-11-12(18-8-17-11)19-9-20-13/h8-9H,4-7,15H2,1-3H3,(H,16,22)(H,17,18,19,20). The van der Waals surface area contributed by atoms with Crippen LogP contribution < -0.4 is 16.0 Å². The van der Waals surface area contributed by atoms with Gasteiger partial charge in [-0.3, -0.25) is 4.79 Å². The van der Waals surface area contributed by atoms with Gasteiger partial charge < -0.3 is 20.9 Å². The number of nitrogens with zero attached hydrogens (tertiary/aromatic N) is 4. The summed E-state index contributed by atoms with van der Waals surface area (Å²) < 4.78 is 0. The van der Waals surface area contributed by atoms with Gasteiger partial charge in [-0.05, 0) is 12.8 Å². The summed E-state index contributed by atoms with van der Waals surface area (Å²) in [5, 5.41) is 2.89. The minimum atomic E-state index is -0.347. The molecule has 2 aromatic heterocycles. The first-order chi connectivity index (χ1) is 10.5. The van der Waals surface area contributed by atoms with Crippen molar-refractivity contribution in [2.45, 2.75) is 32.2 Å². The van der Waals surface area contributed by atoms with Crippen molar-refractivity contribution < 1.29 is 4.79 Å². The van der Waals surface area contributed by atoms with Crippen molar-refractivity contribution in [2.24, 2.45) is 5.73 Å². The van der Waals surface area contributed by atoms with E-state index in [1.54, 1.807) is 18.3 Å². The lowest BCUT2D eigenvalue weighted by molar-refractivity contribution is -0.120. The first kappa shape index (κ1) is 16.2. The quantitative estimate of drug-likeness (QED) is 0.683. The minimum Gasteiger partial charge on any atom is -0.353 e. The van der Waals surface area contributed by atoms with Gasteiger partial charge in [0.1, 0.15) is 11.8 Å². The molecule has 0 unspecified atom stereocenters. The Bertz CT molecular complexity index is 635. The second-order valence-corrected chi connectivity index (χ2v) is 5.50. The number of amides is 1. The van der Waals surface area contributed by atoms with Gasteiger partial charge in [0.25, 0.3) is 0 Å². The number of likely N-dealkylation sites (N-methyl/N-ethyl adjacent to an activating group) is 1. The molecule has 22 heavy (non-hydrogen) atoms. The lowest BCUT2D eigenvalue weighted by Gasteiger charge is -2.27. The molecule has 0 aromatic carbocycles. The predicted molar refractivity (Wildman–Crippen MR) is 85.5 cm³/mol. The lowest BCUT2D eigenvalue weighted by Crippen LogP contribution is -2.50. The summed E-state index contributed by atoms with van der Waals surface area (Å²) in [4.78, 5) is 29.2. The van der Waals surface area contributed by atoms with Gasteiger partial charge in [-0.25, -0.2) is 15.0 Å². The number of fused-ring (bicyclic) bond motifs is 1. The Balaban J connectivity index is 1.98. The maximum absolute atomic E-state index is 12.1. The van der Waals surface area contributed by atoms with Crippen LogP contribution in [0.3, 0.4) is 0 Å². The molecule has 0 saturated heterocycles. The summed E-state index contributed by atoms with van der Waals surface area (Å²) in [6, 6.07) is 0. The number of hydrogen-bond donors (Lipinski definition) is 3. The van der Waals surface area contributed by atoms with Crippen LogP contribution in [0.2, 0.25) is 0 Å². The average Bonchev–Trinajstić information content (AvgIpc) is 3.01. The van der Waals surface area contributed by atoms with Crippen LogP contribution in [-0.2, 0) is 4.79 Å². The van der Waals surface area contributed by atoms with Gasteiger partial charge in [0.2, 0.25) is 5.91 Å². The van der Waals surface area contributed by atoms with Gasteiger partial charge in [0, 0.05) is 19.1 Å². The molecular formula is C14H23N7O. The number of anilines is 1. The van der Waals surface area contributed by atoms with Crippen LogP contribution in [0.4, 0.5) is 5.82 Å². The molecule has 120 valence electrons. The van der Waals surface area contributed by atoms with Crippen LogP contribution in [0.1, 0.15) is 26.7 Å². The number of H-pyrrole nitrogens is 1. The second kappa shape index (κ2) is 6.69. The van der Waals surface area contributed by atoms with Crippen molar-refractivity contribution >= 4 is 22.9 Å². The Morgan fingerprint density at radius 2 is 2.09 bits per heavy atom. The van der Waals surface area contributed by atoms with Crippen LogP contribution in [0.15, 0.2) is 12.7 Å². The molecule has 0 aliphatic carbocycles. The zero-order chi connectivity index (χ0) is 16.2. The highest BCUT2D eigenvalue weighted by molar-refractivity contribution is 5.86. The first-order valence-electron chi connectivity index (χ1n) is 7.40. The third kappa shape index (κ3) is 3.51. The van der Waals surface area contributed by atoms with E-state index in [0.717, 1.165) is 12.8 Å². The molecule has 0 aliphatic heterocycles. The van der Waals surface area contributed by atoms with Crippen LogP contribution in [0.5, 0.6) is 0 Å². The molecule has 0 spiro atoms. The van der Waals surface area contributed by atoms with Crippen LogP contribution >= 0.6 is 0 Å². The molecular weight excluding hydrogens is 282 g/mol. The van der Waals surface area contributed by atoms with Crippen LogP contribution in [0.25, 0.3) is 11.2 Å². The van der Waals surface area contributed by atoms with Crippen molar-refractivity contribution in [3.63, 3.8) is 0 Å². The second-order valence-electron chi connectivity index (χ2n) is 5.50. The molecule has 1 amide bonds. The Kier molecular flexibility index (Phi) is 4.92. The van der Waals surface area contributed by atoms with Crippen molar-refractivity contribution in [2.75, 3.05) is 25.0 Å². The summed E-state index contributed by atoms with van der Waals surface area (Å²) in [6.45, 7) is 4.71. The monoisotopic (exact) mass is 305 g/mol. The van der Waals surface area contributed by atoms with Crippen molar-refractivity contribution in [3.8, 4) is 0 Å². The Hall–Kier alpha value is -2.22. The molecule has 0 radical (unpaired) electrons. The molecule has 0 saturated carbocycles. The molecule has 8 heteroatoms. The molecule has 8 nitrogen and oxygen atoms in total. The van der Waals surface area contributed by atoms with Gasteiger partial charge >= 0.3 is 0 Å². The van der Waals surface area contributed by atoms with Gasteiger partial charge in [-0.2, -0.15) is 0 Å². The van der Waals surface area contributed by atoms with Gasteiger partial charge in [-0.15, -0.1) is 0 Å². The third-order valence-corrected chi connectivity index (χ3v) is 3.99. The van der Waals surface area contributed by atoms with E-state index in [1.807, 2.05) is 13.8 Å². The number of rotatable bonds is 7. The molecule has 4 N–H and O–H groups in total. The van der Waals surface area contributed by atoms with Crippen molar-refractivity contribution in [3.05, 3.63) is 12.7 Å². The SMILES string of the molecule is CCC(N)(CC)CNC(=O)CN(C)c1ncnc2nc[nH]c12. The first-order valence-corrected chi connectivity index (χ1v) is 7.40. The number of carbonyl (C=O) groups is 1. The van der Waals surface area contributed by atoms with E-state index in [4.69, 9.17) is 5.73 Å². The van der Waals surface area contributed by atoms with Gasteiger partial charge in [-0.1, -0.05) is 13.8 Å². The number of carbonyl (C=O) groups excluding carboxylic acids is 1. The predicted octanol–water partition coefficient (Wildman–Crippen LogP) is 0.423. The smallest absolute Gasteiger partial charge is 0.239 e. The fraction of sp³-hybridized carbons (Fsp3) is 0.571. The largest absolute Gasteiger partial charge is 0.353 e. The molecule has 0 fully saturated rings. The number of hydrogen-bond acceptors (Lipinski definition) is 6. The highest BCUT2D eigenvalue weighted by Gasteiger charge is 2.21. The van der Waals surface area contributed by atoms with Crippen molar-refractivity contribution in [1.82, 2.24) is 25.3 Å². The maximum Gasteiger partial charge on any atom is 0.239 e. The maximum atomic E-state index is 12.1. The number of imidazole rings is 1. The molecule has 0 aliphatic rings. The Morgan fingerprint density at radius 1 is 1.36 bits per heavy atom. The molecule has 0 bridgehead atoms. The van der Waals surface area contributed by atoms with Crippen LogP contribution in [0, 0.1) is 0 Å². The van der Waals surface area contributed by atoms with E-state index in [0.29, 0.717) is 23.5 Å². The number of aromatic nitrogens is 4. The Morgan fingerprint density at radius 3 is 2.77 bits per heavy atom. The van der Waals surface area contributed by atoms with Crippen LogP contribution in [-0.4, -0.2) is 51.5 Å². The Labute approximate surface area is 129 Å². The summed E-state index contributed by atoms with van der Waals surface area (Å²) in [5.41, 5.74) is 7.13. The van der Waals surface area contributed by atoms with E-state index in [9.17, 15) is 4.79 Å². The topological polar surface area (TPSA) is 113 Å². The average molecular weight is 305 g/mol. The van der Waals surface area contributed by atoms with Crippen molar-refractivity contribution in [1.29, 1.82) is 0 Å². The summed E-state index contributed by atoms with van der Waals surface area (Å²) >= 11 is 0. The van der Waals surface area contributed by atoms with E-state index in [1.165, 1.54) is 6.33 Å².